The van der Waals surface area contributed by atoms with Gasteiger partial charge in [0.15, 0.2) is 6.61 Å². The molecule has 0 unspecified atom stereocenters. The van der Waals surface area contributed by atoms with Crippen LogP contribution in [0.5, 0.6) is 0 Å². The van der Waals surface area contributed by atoms with Gasteiger partial charge in [-0.25, -0.2) is 0 Å². The second-order valence-corrected chi connectivity index (χ2v) is 8.75. The summed E-state index contributed by atoms with van der Waals surface area (Å²) in [5.74, 6) is -0.694. The molecule has 0 fully saturated rings. The zero-order chi connectivity index (χ0) is 21.0. The lowest BCUT2D eigenvalue weighted by atomic mass is 10.1. The van der Waals surface area contributed by atoms with Crippen molar-refractivity contribution in [3.63, 3.8) is 0 Å². The van der Waals surface area contributed by atoms with E-state index in [-0.39, 0.29) is 30.2 Å². The van der Waals surface area contributed by atoms with Gasteiger partial charge in [-0.05, 0) is 44.7 Å². The number of hydrogen-bond acceptors (Lipinski definition) is 6. The Kier molecular flexibility index (Phi) is 6.87. The van der Waals surface area contributed by atoms with Crippen LogP contribution < -0.4 is 4.87 Å². The number of aryl methyl sites for hydroxylation is 3. The van der Waals surface area contributed by atoms with E-state index in [2.05, 4.69) is 16.0 Å². The molecular weight excluding hydrogens is 408 g/mol. The molecule has 0 saturated carbocycles. The van der Waals surface area contributed by atoms with E-state index in [4.69, 9.17) is 4.74 Å². The summed E-state index contributed by atoms with van der Waals surface area (Å²) >= 11 is 2.83. The summed E-state index contributed by atoms with van der Waals surface area (Å²) in [4.78, 5) is 37.5. The minimum absolute atomic E-state index is 0.0601. The van der Waals surface area contributed by atoms with E-state index < -0.39 is 5.97 Å². The monoisotopic (exact) mass is 432 g/mol. The van der Waals surface area contributed by atoms with Crippen molar-refractivity contribution >= 4 is 34.4 Å². The van der Waals surface area contributed by atoms with Gasteiger partial charge in [0.2, 0.25) is 5.78 Å². The predicted molar refractivity (Wildman–Crippen MR) is 115 cm³/mol. The van der Waals surface area contributed by atoms with Crippen molar-refractivity contribution in [1.29, 1.82) is 0 Å². The minimum atomic E-state index is -0.484. The maximum absolute atomic E-state index is 12.6. The van der Waals surface area contributed by atoms with Gasteiger partial charge in [-0.3, -0.25) is 14.4 Å². The summed E-state index contributed by atoms with van der Waals surface area (Å²) in [6.07, 6.45) is 0.975. The zero-order valence-electron chi connectivity index (χ0n) is 16.8. The lowest BCUT2D eigenvalue weighted by molar-refractivity contribution is -0.142. The number of ether oxygens (including phenoxy) is 1. The Labute approximate surface area is 177 Å². The third kappa shape index (κ3) is 5.13. The number of hydrogen-bond donors (Lipinski definition) is 0. The van der Waals surface area contributed by atoms with Gasteiger partial charge in [0, 0.05) is 46.0 Å². The molecule has 0 spiro atoms. The Morgan fingerprint density at radius 2 is 1.86 bits per heavy atom. The fraction of sp³-hybridized carbons (Fsp3) is 0.381. The second-order valence-electron chi connectivity index (χ2n) is 6.89. The molecule has 0 amide bonds. The largest absolute Gasteiger partial charge is 0.457 e. The first-order chi connectivity index (χ1) is 13.9. The Bertz CT molecular complexity index is 1060. The smallest absolute Gasteiger partial charge is 0.308 e. The van der Waals surface area contributed by atoms with Gasteiger partial charge in [0.05, 0.1) is 6.42 Å². The molecule has 3 heterocycles. The number of Topliss-reactive ketones (excluding diaryl/α,β-unsaturated/α-hetero) is 1. The molecule has 0 radical (unpaired) electrons. The molecule has 3 rings (SSSR count). The lowest BCUT2D eigenvalue weighted by Gasteiger charge is -2.09. The number of esters is 1. The SMILES string of the molecule is Cc1cc(C(=O)COC(=O)CCn2c(C)csc2=O)c(C)n1CCc1cccs1. The average molecular weight is 433 g/mol. The van der Waals surface area contributed by atoms with Crippen molar-refractivity contribution in [2.24, 2.45) is 0 Å². The van der Waals surface area contributed by atoms with Crippen LogP contribution in [0.4, 0.5) is 0 Å². The molecule has 6 nitrogen and oxygen atoms in total. The Morgan fingerprint density at radius 1 is 1.07 bits per heavy atom. The van der Waals surface area contributed by atoms with Gasteiger partial charge in [-0.15, -0.1) is 11.3 Å². The summed E-state index contributed by atoms with van der Waals surface area (Å²) < 4.78 is 8.81. The number of thiazole rings is 1. The fourth-order valence-corrected chi connectivity index (χ4v) is 4.74. The first-order valence-corrected chi connectivity index (χ1v) is 11.2. The summed E-state index contributed by atoms with van der Waals surface area (Å²) in [5.41, 5.74) is 3.31. The molecule has 0 N–H and O–H groups in total. The molecule has 3 aromatic heterocycles. The number of aromatic nitrogens is 2. The number of carbonyl (C=O) groups is 2. The van der Waals surface area contributed by atoms with E-state index >= 15 is 0 Å². The molecular formula is C21H24N2O4S2. The highest BCUT2D eigenvalue weighted by Crippen LogP contribution is 2.18. The minimum Gasteiger partial charge on any atom is -0.457 e. The van der Waals surface area contributed by atoms with E-state index in [9.17, 15) is 14.4 Å². The third-order valence-corrected chi connectivity index (χ3v) is 6.73. The molecule has 0 bridgehead atoms. The standard InChI is InChI=1S/C21H24N2O4S2/c1-14-11-18(16(3)22(14)8-6-17-5-4-10-28-17)19(24)12-27-20(25)7-9-23-15(2)13-29-21(23)26/h4-5,10-11,13H,6-9,12H2,1-3H3. The van der Waals surface area contributed by atoms with E-state index in [0.717, 1.165) is 41.4 Å². The van der Waals surface area contributed by atoms with Crippen LogP contribution in [0.15, 0.2) is 33.8 Å². The summed E-state index contributed by atoms with van der Waals surface area (Å²) in [7, 11) is 0. The quantitative estimate of drug-likeness (QED) is 0.381. The maximum Gasteiger partial charge on any atom is 0.308 e. The average Bonchev–Trinajstić information content (AvgIpc) is 3.38. The van der Waals surface area contributed by atoms with Gasteiger partial charge in [0.1, 0.15) is 0 Å². The number of nitrogens with zero attached hydrogens (tertiary/aromatic N) is 2. The van der Waals surface area contributed by atoms with Crippen LogP contribution in [0.1, 0.15) is 38.7 Å². The van der Waals surface area contributed by atoms with Crippen LogP contribution in [-0.4, -0.2) is 27.5 Å². The molecule has 3 aromatic rings. The lowest BCUT2D eigenvalue weighted by Crippen LogP contribution is -2.20. The number of thiophene rings is 1. The van der Waals surface area contributed by atoms with E-state index in [0.29, 0.717) is 5.56 Å². The van der Waals surface area contributed by atoms with Crippen LogP contribution in [0.25, 0.3) is 0 Å². The summed E-state index contributed by atoms with van der Waals surface area (Å²) in [6, 6.07) is 6.00. The zero-order valence-corrected chi connectivity index (χ0v) is 18.4. The highest BCUT2D eigenvalue weighted by atomic mass is 32.1. The van der Waals surface area contributed by atoms with Gasteiger partial charge in [-0.1, -0.05) is 17.4 Å². The Balaban J connectivity index is 1.54. The van der Waals surface area contributed by atoms with E-state index in [1.54, 1.807) is 16.7 Å². The molecule has 0 saturated heterocycles. The molecule has 8 heteroatoms. The Hall–Kier alpha value is -2.45. The molecule has 154 valence electrons. The van der Waals surface area contributed by atoms with Crippen LogP contribution in [-0.2, 0) is 29.0 Å². The number of ketones is 1. The van der Waals surface area contributed by atoms with Crippen LogP contribution in [0.2, 0.25) is 0 Å². The molecule has 29 heavy (non-hydrogen) atoms. The fourth-order valence-electron chi connectivity index (χ4n) is 3.28. The van der Waals surface area contributed by atoms with E-state index in [1.807, 2.05) is 32.9 Å². The molecule has 0 atom stereocenters. The predicted octanol–water partition coefficient (Wildman–Crippen LogP) is 3.76. The topological polar surface area (TPSA) is 70.3 Å². The van der Waals surface area contributed by atoms with Crippen molar-refractivity contribution in [2.75, 3.05) is 6.61 Å². The second kappa shape index (κ2) is 9.37. The number of rotatable bonds is 9. The van der Waals surface area contributed by atoms with Crippen molar-refractivity contribution in [3.8, 4) is 0 Å². The van der Waals surface area contributed by atoms with Crippen LogP contribution in [0, 0.1) is 20.8 Å². The Morgan fingerprint density at radius 3 is 2.52 bits per heavy atom. The van der Waals surface area contributed by atoms with Gasteiger partial charge >= 0.3 is 10.8 Å². The van der Waals surface area contributed by atoms with Crippen molar-refractivity contribution in [2.45, 2.75) is 46.7 Å². The maximum atomic E-state index is 12.6. The highest BCUT2D eigenvalue weighted by molar-refractivity contribution is 7.09. The molecule has 0 aromatic carbocycles. The normalized spacial score (nSPS) is 11.0. The van der Waals surface area contributed by atoms with E-state index in [1.165, 1.54) is 9.44 Å². The highest BCUT2D eigenvalue weighted by Gasteiger charge is 2.17. The summed E-state index contributed by atoms with van der Waals surface area (Å²) in [6.45, 7) is 6.50. The molecule has 0 aliphatic carbocycles. The van der Waals surface area contributed by atoms with Crippen molar-refractivity contribution < 1.29 is 14.3 Å². The summed E-state index contributed by atoms with van der Waals surface area (Å²) in [5, 5.41) is 3.81. The molecule has 0 aliphatic heterocycles. The van der Waals surface area contributed by atoms with Crippen molar-refractivity contribution in [3.05, 3.63) is 66.1 Å². The van der Waals surface area contributed by atoms with Gasteiger partial charge < -0.3 is 13.9 Å². The first kappa shape index (κ1) is 21.3. The van der Waals surface area contributed by atoms with Gasteiger partial charge in [-0.2, -0.15) is 0 Å². The number of carbonyl (C=O) groups excluding carboxylic acids is 2. The van der Waals surface area contributed by atoms with Crippen molar-refractivity contribution in [1.82, 2.24) is 9.13 Å². The molecule has 0 aliphatic rings. The first-order valence-electron chi connectivity index (χ1n) is 9.39. The third-order valence-electron chi connectivity index (χ3n) is 4.92. The van der Waals surface area contributed by atoms with Crippen LogP contribution in [0.3, 0.4) is 0 Å². The van der Waals surface area contributed by atoms with Crippen LogP contribution >= 0.6 is 22.7 Å². The van der Waals surface area contributed by atoms with Gasteiger partial charge in [0.25, 0.3) is 0 Å².